The number of aromatic nitrogens is 2. The Balaban J connectivity index is 1.15. The first-order valence-corrected chi connectivity index (χ1v) is 18.4. The standard InChI is InChI=1S/C44H48N4O2/c49-43-23-11-13-27-46-34-38(40-20-8-10-22-42(40)46)26-30-48(32-36-17-5-2-6-18-36)44(50)24-12-14-28-45-33-37(39-19-7-9-21-41(39)45)25-29-47(43)31-35-15-3-1-4-16-35/h1-10,15-22,33-34H,11-14,23-32H2. The smallest absolute Gasteiger partial charge is 0.222 e. The molecule has 2 aromatic heterocycles. The largest absolute Gasteiger partial charge is 0.347 e. The average Bonchev–Trinajstić information content (AvgIpc) is 3.70. The molecule has 0 N–H and O–H groups in total. The van der Waals surface area contributed by atoms with Crippen LogP contribution in [-0.2, 0) is 48.6 Å². The summed E-state index contributed by atoms with van der Waals surface area (Å²) >= 11 is 0. The molecule has 0 spiro atoms. The van der Waals surface area contributed by atoms with Gasteiger partial charge in [-0.05, 0) is 72.9 Å². The third kappa shape index (κ3) is 8.02. The van der Waals surface area contributed by atoms with E-state index in [2.05, 4.69) is 128 Å². The number of aryl methyl sites for hydroxylation is 2. The quantitative estimate of drug-likeness (QED) is 0.189. The molecule has 0 radical (unpaired) electrons. The fourth-order valence-corrected chi connectivity index (χ4v) is 7.55. The second-order valence-corrected chi connectivity index (χ2v) is 13.7. The van der Waals surface area contributed by atoms with E-state index in [0.29, 0.717) is 39.0 Å². The summed E-state index contributed by atoms with van der Waals surface area (Å²) in [5, 5.41) is 2.50. The maximum absolute atomic E-state index is 13.8. The fraction of sp³-hybridized carbons (Fsp3) is 0.318. The van der Waals surface area contributed by atoms with Gasteiger partial charge in [-0.1, -0.05) is 97.1 Å². The maximum atomic E-state index is 13.8. The van der Waals surface area contributed by atoms with Crippen LogP contribution in [-0.4, -0.2) is 43.8 Å². The van der Waals surface area contributed by atoms with Crippen LogP contribution < -0.4 is 0 Å². The number of nitrogens with zero attached hydrogens (tertiary/aromatic N) is 4. The lowest BCUT2D eigenvalue weighted by Gasteiger charge is -2.23. The highest BCUT2D eigenvalue weighted by molar-refractivity contribution is 5.85. The first-order chi connectivity index (χ1) is 24.6. The van der Waals surface area contributed by atoms with Gasteiger partial charge in [-0.3, -0.25) is 9.59 Å². The number of hydrogen-bond acceptors (Lipinski definition) is 2. The number of fused-ring (bicyclic) bond motifs is 10. The van der Waals surface area contributed by atoms with E-state index in [4.69, 9.17) is 0 Å². The van der Waals surface area contributed by atoms with E-state index in [1.807, 2.05) is 12.1 Å². The summed E-state index contributed by atoms with van der Waals surface area (Å²) in [5.74, 6) is 0.446. The zero-order chi connectivity index (χ0) is 34.1. The molecule has 6 heteroatoms. The number of carbonyl (C=O) groups is 2. The second kappa shape index (κ2) is 16.1. The Morgan fingerprint density at radius 1 is 0.420 bits per heavy atom. The molecule has 7 rings (SSSR count). The summed E-state index contributed by atoms with van der Waals surface area (Å²) in [7, 11) is 0. The Hall–Kier alpha value is -5.10. The number of carbonyl (C=O) groups excluding carboxylic acids is 2. The molecular weight excluding hydrogens is 617 g/mol. The van der Waals surface area contributed by atoms with Gasteiger partial charge in [0.2, 0.25) is 11.8 Å². The number of para-hydroxylation sites is 2. The number of benzene rings is 4. The summed E-state index contributed by atoms with van der Waals surface area (Å²) < 4.78 is 4.70. The molecular formula is C44H48N4O2. The van der Waals surface area contributed by atoms with Crippen LogP contribution in [0.15, 0.2) is 122 Å². The van der Waals surface area contributed by atoms with Crippen LogP contribution >= 0.6 is 0 Å². The zero-order valence-electron chi connectivity index (χ0n) is 29.1. The van der Waals surface area contributed by atoms with Gasteiger partial charge in [-0.15, -0.1) is 0 Å². The van der Waals surface area contributed by atoms with Crippen LogP contribution in [0.3, 0.4) is 0 Å². The molecule has 1 aliphatic heterocycles. The minimum absolute atomic E-state index is 0.223. The molecule has 0 saturated carbocycles. The third-order valence-corrected chi connectivity index (χ3v) is 10.3. The number of rotatable bonds is 4. The van der Waals surface area contributed by atoms with Crippen molar-refractivity contribution in [1.82, 2.24) is 18.9 Å². The lowest BCUT2D eigenvalue weighted by molar-refractivity contribution is -0.132. The summed E-state index contributed by atoms with van der Waals surface area (Å²) in [6, 6.07) is 37.9. The van der Waals surface area contributed by atoms with Gasteiger partial charge in [0.15, 0.2) is 0 Å². The van der Waals surface area contributed by atoms with E-state index in [1.165, 1.54) is 32.9 Å². The molecule has 50 heavy (non-hydrogen) atoms. The van der Waals surface area contributed by atoms with Crippen molar-refractivity contribution in [2.75, 3.05) is 13.1 Å². The first-order valence-electron chi connectivity index (χ1n) is 18.4. The van der Waals surface area contributed by atoms with E-state index in [0.717, 1.165) is 62.7 Å². The molecule has 3 heterocycles. The van der Waals surface area contributed by atoms with Crippen LogP contribution in [0.1, 0.15) is 60.8 Å². The van der Waals surface area contributed by atoms with Crippen molar-refractivity contribution in [1.29, 1.82) is 0 Å². The Labute approximate surface area is 295 Å². The van der Waals surface area contributed by atoms with Crippen LogP contribution in [0.5, 0.6) is 0 Å². The lowest BCUT2D eigenvalue weighted by atomic mass is 10.1. The monoisotopic (exact) mass is 664 g/mol. The summed E-state index contributed by atoms with van der Waals surface area (Å²) in [6.45, 7) is 4.33. The van der Waals surface area contributed by atoms with Crippen molar-refractivity contribution >= 4 is 33.6 Å². The van der Waals surface area contributed by atoms with Gasteiger partial charge in [-0.2, -0.15) is 0 Å². The Bertz CT molecular complexity index is 1880. The molecule has 0 unspecified atom stereocenters. The minimum Gasteiger partial charge on any atom is -0.347 e. The SMILES string of the molecule is O=C1CCCCn2cc(c3ccccc32)CCN(Cc2ccccc2)C(=O)CCCCn2cc(c3ccccc32)CCN1Cc1ccccc1. The number of hydrogen-bond donors (Lipinski definition) is 0. The van der Waals surface area contributed by atoms with E-state index in [1.54, 1.807) is 0 Å². The van der Waals surface area contributed by atoms with Gasteiger partial charge in [0, 0.05) is 86.3 Å². The molecule has 0 fully saturated rings. The van der Waals surface area contributed by atoms with Crippen LogP contribution in [0.25, 0.3) is 21.8 Å². The number of amides is 2. The van der Waals surface area contributed by atoms with Gasteiger partial charge in [0.1, 0.15) is 0 Å². The molecule has 4 bridgehead atoms. The van der Waals surface area contributed by atoms with Gasteiger partial charge in [0.25, 0.3) is 0 Å². The van der Waals surface area contributed by atoms with Crippen molar-refractivity contribution < 1.29 is 9.59 Å². The second-order valence-electron chi connectivity index (χ2n) is 13.7. The molecule has 6 aromatic rings. The third-order valence-electron chi connectivity index (χ3n) is 10.3. The Kier molecular flexibility index (Phi) is 10.7. The molecule has 0 atom stereocenters. The predicted octanol–water partition coefficient (Wildman–Crippen LogP) is 8.79. The summed E-state index contributed by atoms with van der Waals surface area (Å²) in [4.78, 5) is 31.7. The highest BCUT2D eigenvalue weighted by Gasteiger charge is 2.19. The van der Waals surface area contributed by atoms with Crippen molar-refractivity contribution in [2.24, 2.45) is 0 Å². The first kappa shape index (κ1) is 33.4. The van der Waals surface area contributed by atoms with Crippen molar-refractivity contribution in [3.63, 3.8) is 0 Å². The van der Waals surface area contributed by atoms with E-state index >= 15 is 0 Å². The van der Waals surface area contributed by atoms with Crippen LogP contribution in [0.4, 0.5) is 0 Å². The molecule has 1 aliphatic rings. The normalized spacial score (nSPS) is 16.0. The zero-order valence-corrected chi connectivity index (χ0v) is 29.1. The van der Waals surface area contributed by atoms with E-state index < -0.39 is 0 Å². The van der Waals surface area contributed by atoms with E-state index in [9.17, 15) is 9.59 Å². The fourth-order valence-electron chi connectivity index (χ4n) is 7.55. The van der Waals surface area contributed by atoms with Crippen molar-refractivity contribution in [2.45, 2.75) is 77.5 Å². The molecule has 0 aliphatic carbocycles. The van der Waals surface area contributed by atoms with Gasteiger partial charge < -0.3 is 18.9 Å². The Morgan fingerprint density at radius 2 is 0.820 bits per heavy atom. The Morgan fingerprint density at radius 3 is 1.26 bits per heavy atom. The molecule has 4 aromatic carbocycles. The predicted molar refractivity (Wildman–Crippen MR) is 203 cm³/mol. The maximum Gasteiger partial charge on any atom is 0.222 e. The topological polar surface area (TPSA) is 50.5 Å². The van der Waals surface area contributed by atoms with Gasteiger partial charge in [-0.25, -0.2) is 0 Å². The van der Waals surface area contributed by atoms with Crippen LogP contribution in [0.2, 0.25) is 0 Å². The minimum atomic E-state index is 0.223. The molecule has 256 valence electrons. The molecule has 6 nitrogen and oxygen atoms in total. The highest BCUT2D eigenvalue weighted by atomic mass is 16.2. The van der Waals surface area contributed by atoms with Gasteiger partial charge >= 0.3 is 0 Å². The summed E-state index contributed by atoms with van der Waals surface area (Å²) in [5.41, 5.74) is 7.30. The van der Waals surface area contributed by atoms with Crippen molar-refractivity contribution in [3.8, 4) is 0 Å². The van der Waals surface area contributed by atoms with Crippen molar-refractivity contribution in [3.05, 3.63) is 144 Å². The highest BCUT2D eigenvalue weighted by Crippen LogP contribution is 2.25. The average molecular weight is 665 g/mol. The molecule has 0 saturated heterocycles. The molecule has 2 amide bonds. The lowest BCUT2D eigenvalue weighted by Crippen LogP contribution is -2.32. The van der Waals surface area contributed by atoms with Gasteiger partial charge in [0.05, 0.1) is 0 Å². The van der Waals surface area contributed by atoms with E-state index in [-0.39, 0.29) is 11.8 Å². The summed E-state index contributed by atoms with van der Waals surface area (Å²) in [6.07, 6.45) is 10.8. The van der Waals surface area contributed by atoms with Crippen LogP contribution in [0, 0.1) is 0 Å².